The van der Waals surface area contributed by atoms with Gasteiger partial charge in [0.15, 0.2) is 0 Å². The van der Waals surface area contributed by atoms with Crippen molar-refractivity contribution in [2.24, 2.45) is 0 Å². The molecule has 0 saturated heterocycles. The third kappa shape index (κ3) is 3.90. The summed E-state index contributed by atoms with van der Waals surface area (Å²) in [6.45, 7) is 8.43. The molecule has 0 unspecified atom stereocenters. The first-order valence-corrected chi connectivity index (χ1v) is 8.73. The highest BCUT2D eigenvalue weighted by Crippen LogP contribution is 2.22. The van der Waals surface area contributed by atoms with Crippen LogP contribution in [0, 0.1) is 13.8 Å². The molecule has 1 N–H and O–H groups in total. The summed E-state index contributed by atoms with van der Waals surface area (Å²) in [5, 5.41) is 2.98. The summed E-state index contributed by atoms with van der Waals surface area (Å²) in [4.78, 5) is 17.2. The van der Waals surface area contributed by atoms with Crippen LogP contribution >= 0.6 is 0 Å². The largest absolute Gasteiger partial charge is 0.352 e. The van der Waals surface area contributed by atoms with E-state index >= 15 is 0 Å². The van der Waals surface area contributed by atoms with Gasteiger partial charge in [-0.15, -0.1) is 0 Å². The number of imidazole rings is 1. The highest BCUT2D eigenvalue weighted by atomic mass is 16.2. The van der Waals surface area contributed by atoms with Gasteiger partial charge in [0.05, 0.1) is 11.0 Å². The van der Waals surface area contributed by atoms with Gasteiger partial charge in [0, 0.05) is 12.5 Å². The van der Waals surface area contributed by atoms with Crippen molar-refractivity contribution in [1.29, 1.82) is 0 Å². The number of aryl methyl sites for hydroxylation is 2. The maximum Gasteiger partial charge on any atom is 0.240 e. The van der Waals surface area contributed by atoms with E-state index in [1.54, 1.807) is 0 Å². The van der Waals surface area contributed by atoms with Crippen LogP contribution in [0.15, 0.2) is 42.5 Å². The lowest BCUT2D eigenvalue weighted by Gasteiger charge is -2.12. The molecule has 0 bridgehead atoms. The Balaban J connectivity index is 2.04. The van der Waals surface area contributed by atoms with Crippen LogP contribution in [0.4, 0.5) is 0 Å². The zero-order valence-corrected chi connectivity index (χ0v) is 15.3. The molecule has 0 aliphatic carbocycles. The lowest BCUT2D eigenvalue weighted by atomic mass is 10.1. The molecule has 25 heavy (non-hydrogen) atoms. The Kier molecular flexibility index (Phi) is 4.88. The first kappa shape index (κ1) is 17.2. The lowest BCUT2D eigenvalue weighted by Crippen LogP contribution is -2.33. The molecule has 0 aliphatic rings. The Morgan fingerprint density at radius 2 is 1.80 bits per heavy atom. The predicted molar refractivity (Wildman–Crippen MR) is 102 cm³/mol. The topological polar surface area (TPSA) is 46.9 Å². The molecule has 0 aliphatic heterocycles. The van der Waals surface area contributed by atoms with Gasteiger partial charge in [-0.25, -0.2) is 4.98 Å². The second-order valence-corrected chi connectivity index (χ2v) is 6.92. The van der Waals surface area contributed by atoms with Crippen molar-refractivity contribution in [3.05, 3.63) is 65.0 Å². The van der Waals surface area contributed by atoms with Gasteiger partial charge in [0.1, 0.15) is 12.4 Å². The fraction of sp³-hybridized carbons (Fsp3) is 0.333. The van der Waals surface area contributed by atoms with Gasteiger partial charge in [-0.3, -0.25) is 4.79 Å². The second kappa shape index (κ2) is 7.09. The van der Waals surface area contributed by atoms with Crippen LogP contribution in [0.1, 0.15) is 36.4 Å². The zero-order chi connectivity index (χ0) is 18.0. The van der Waals surface area contributed by atoms with Crippen LogP contribution in [0.3, 0.4) is 0 Å². The van der Waals surface area contributed by atoms with E-state index in [1.165, 1.54) is 16.7 Å². The van der Waals surface area contributed by atoms with Crippen LogP contribution in [0.2, 0.25) is 0 Å². The number of amides is 1. The summed E-state index contributed by atoms with van der Waals surface area (Å²) in [5.74, 6) is 0.937. The van der Waals surface area contributed by atoms with Gasteiger partial charge >= 0.3 is 0 Å². The van der Waals surface area contributed by atoms with E-state index < -0.39 is 0 Å². The van der Waals surface area contributed by atoms with Crippen LogP contribution in [-0.2, 0) is 17.8 Å². The second-order valence-electron chi connectivity index (χ2n) is 6.92. The van der Waals surface area contributed by atoms with E-state index in [0.717, 1.165) is 16.9 Å². The Labute approximate surface area is 148 Å². The first-order chi connectivity index (χ1) is 11.9. The summed E-state index contributed by atoms with van der Waals surface area (Å²) in [6, 6.07) is 14.6. The smallest absolute Gasteiger partial charge is 0.240 e. The first-order valence-electron chi connectivity index (χ1n) is 8.73. The molecule has 0 spiro atoms. The van der Waals surface area contributed by atoms with Gasteiger partial charge in [-0.2, -0.15) is 0 Å². The van der Waals surface area contributed by atoms with Crippen molar-refractivity contribution in [3.63, 3.8) is 0 Å². The van der Waals surface area contributed by atoms with Crippen molar-refractivity contribution in [2.75, 3.05) is 0 Å². The van der Waals surface area contributed by atoms with E-state index in [1.807, 2.05) is 36.6 Å². The molecule has 1 amide bonds. The number of nitrogens with one attached hydrogen (secondary N) is 1. The van der Waals surface area contributed by atoms with E-state index in [-0.39, 0.29) is 11.9 Å². The van der Waals surface area contributed by atoms with Gasteiger partial charge in [-0.1, -0.05) is 30.3 Å². The molecule has 0 radical (unpaired) electrons. The molecule has 0 fully saturated rings. The molecule has 1 heterocycles. The van der Waals surface area contributed by atoms with Crippen molar-refractivity contribution in [3.8, 4) is 0 Å². The number of hydrogen-bond donors (Lipinski definition) is 1. The van der Waals surface area contributed by atoms with E-state index in [2.05, 4.69) is 43.4 Å². The minimum Gasteiger partial charge on any atom is -0.352 e. The number of benzene rings is 2. The minimum absolute atomic E-state index is 0.0156. The highest BCUT2D eigenvalue weighted by molar-refractivity contribution is 5.82. The van der Waals surface area contributed by atoms with Crippen molar-refractivity contribution in [1.82, 2.24) is 14.9 Å². The Morgan fingerprint density at radius 1 is 1.12 bits per heavy atom. The molecular weight excluding hydrogens is 310 g/mol. The van der Waals surface area contributed by atoms with Crippen molar-refractivity contribution in [2.45, 2.75) is 46.7 Å². The van der Waals surface area contributed by atoms with Gasteiger partial charge in [-0.05, 0) is 56.5 Å². The van der Waals surface area contributed by atoms with Gasteiger partial charge < -0.3 is 9.88 Å². The Morgan fingerprint density at radius 3 is 2.48 bits per heavy atom. The number of rotatable bonds is 5. The maximum atomic E-state index is 12.4. The van der Waals surface area contributed by atoms with E-state index in [9.17, 15) is 4.79 Å². The summed E-state index contributed by atoms with van der Waals surface area (Å²) >= 11 is 0. The zero-order valence-electron chi connectivity index (χ0n) is 15.3. The van der Waals surface area contributed by atoms with Crippen LogP contribution < -0.4 is 5.32 Å². The average molecular weight is 335 g/mol. The molecule has 3 rings (SSSR count). The molecule has 0 saturated carbocycles. The molecular formula is C21H25N3O. The number of fused-ring (bicyclic) bond motifs is 1. The van der Waals surface area contributed by atoms with Crippen LogP contribution in [-0.4, -0.2) is 21.5 Å². The number of carbonyl (C=O) groups excluding carboxylic acids is 1. The van der Waals surface area contributed by atoms with Crippen LogP contribution in [0.5, 0.6) is 0 Å². The third-order valence-corrected chi connectivity index (χ3v) is 4.40. The number of carbonyl (C=O) groups is 1. The molecule has 4 nitrogen and oxygen atoms in total. The summed E-state index contributed by atoms with van der Waals surface area (Å²) in [6.07, 6.45) is 0.711. The maximum absolute atomic E-state index is 12.4. The normalized spacial score (nSPS) is 11.2. The molecule has 3 aromatic rings. The standard InChI is InChI=1S/C21H25N3O/c1-14(2)22-21(25)13-24-19-11-16(4)15(3)10-18(19)23-20(24)12-17-8-6-5-7-9-17/h5-11,14H,12-13H2,1-4H3,(H,22,25). The quantitative estimate of drug-likeness (QED) is 0.771. The lowest BCUT2D eigenvalue weighted by molar-refractivity contribution is -0.122. The Bertz CT molecular complexity index is 894. The molecule has 130 valence electrons. The highest BCUT2D eigenvalue weighted by Gasteiger charge is 2.15. The van der Waals surface area contributed by atoms with Crippen molar-refractivity contribution < 1.29 is 4.79 Å². The van der Waals surface area contributed by atoms with E-state index in [0.29, 0.717) is 13.0 Å². The summed E-state index contributed by atoms with van der Waals surface area (Å²) in [7, 11) is 0. The number of aromatic nitrogens is 2. The van der Waals surface area contributed by atoms with Crippen LogP contribution in [0.25, 0.3) is 11.0 Å². The van der Waals surface area contributed by atoms with Gasteiger partial charge in [0.2, 0.25) is 5.91 Å². The average Bonchev–Trinajstić information content (AvgIpc) is 2.85. The predicted octanol–water partition coefficient (Wildman–Crippen LogP) is 3.77. The molecule has 2 aromatic carbocycles. The fourth-order valence-corrected chi connectivity index (χ4v) is 3.03. The molecule has 1 aromatic heterocycles. The summed E-state index contributed by atoms with van der Waals surface area (Å²) in [5.41, 5.74) is 5.59. The van der Waals surface area contributed by atoms with Gasteiger partial charge in [0.25, 0.3) is 0 Å². The fourth-order valence-electron chi connectivity index (χ4n) is 3.03. The Hall–Kier alpha value is -2.62. The van der Waals surface area contributed by atoms with Crippen molar-refractivity contribution >= 4 is 16.9 Å². The third-order valence-electron chi connectivity index (χ3n) is 4.40. The number of nitrogens with zero attached hydrogens (tertiary/aromatic N) is 2. The monoisotopic (exact) mass is 335 g/mol. The molecule has 0 atom stereocenters. The minimum atomic E-state index is 0.0156. The molecule has 4 heteroatoms. The number of hydrogen-bond acceptors (Lipinski definition) is 2. The van der Waals surface area contributed by atoms with E-state index in [4.69, 9.17) is 4.98 Å². The summed E-state index contributed by atoms with van der Waals surface area (Å²) < 4.78 is 2.05. The SMILES string of the molecule is Cc1cc2nc(Cc3ccccc3)n(CC(=O)NC(C)C)c2cc1C.